The fourth-order valence-corrected chi connectivity index (χ4v) is 8.69. The molecule has 6 N–H and O–H groups in total. The van der Waals surface area contributed by atoms with E-state index in [0.717, 1.165) is 25.8 Å². The van der Waals surface area contributed by atoms with Crippen molar-refractivity contribution in [2.75, 3.05) is 38.1 Å². The van der Waals surface area contributed by atoms with E-state index < -0.39 is 37.4 Å². The van der Waals surface area contributed by atoms with Crippen molar-refractivity contribution in [1.29, 1.82) is 0 Å². The summed E-state index contributed by atoms with van der Waals surface area (Å²) in [5.74, 6) is 0.0731. The zero-order valence-electron chi connectivity index (χ0n) is 35.5. The molecule has 0 spiro atoms. The fraction of sp³-hybridized carbons (Fsp3) is 0.341. The van der Waals surface area contributed by atoms with Crippen LogP contribution >= 0.6 is 11.3 Å². The maximum absolute atomic E-state index is 16.1. The van der Waals surface area contributed by atoms with Gasteiger partial charge in [-0.3, -0.25) is 19.0 Å². The number of hydrogen-bond acceptors (Lipinski definition) is 12. The van der Waals surface area contributed by atoms with E-state index in [0.29, 0.717) is 97.4 Å². The third kappa shape index (κ3) is 9.92. The molecule has 21 heteroatoms. The molecule has 7 heterocycles. The number of anilines is 1. The molecule has 3 aliphatic rings. The molecule has 1 aromatic carbocycles. The topological polar surface area (TPSA) is 210 Å². The summed E-state index contributed by atoms with van der Waals surface area (Å²) in [6.07, 6.45) is 9.35. The van der Waals surface area contributed by atoms with Crippen molar-refractivity contribution in [2.24, 2.45) is 0 Å². The van der Waals surface area contributed by atoms with Gasteiger partial charge in [-0.1, -0.05) is 30.7 Å². The SMILES string of the molecule is CCNC(=O)[C@H]1O[C@@H](n2cnc3c(NCCCNC(=O)CCCCCNC(=O)COc4ccc(/C=C/c5ccc6n5[B-](F)(F)[N+]5=C(c7cccs7)C=CC5=C6)cc4)ncnc32)[C@H](O)[C@@H]1O. The van der Waals surface area contributed by atoms with Crippen LogP contribution in [0.2, 0.25) is 0 Å². The van der Waals surface area contributed by atoms with E-state index in [9.17, 15) is 24.6 Å². The number of likely N-dealkylation sites (N-methyl/N-ethyl adjacent to an activating group) is 1. The van der Waals surface area contributed by atoms with Gasteiger partial charge >= 0.3 is 6.97 Å². The van der Waals surface area contributed by atoms with Crippen LogP contribution in [0.15, 0.2) is 84.4 Å². The Bertz CT molecular complexity index is 2650. The summed E-state index contributed by atoms with van der Waals surface area (Å²) in [7, 11) is 0. The first-order valence-electron chi connectivity index (χ1n) is 21.5. The number of ether oxygens (including phenoxy) is 2. The number of halogens is 2. The number of nitrogens with zero attached hydrogens (tertiary/aromatic N) is 6. The molecule has 0 unspecified atom stereocenters. The minimum atomic E-state index is -4.13. The minimum Gasteiger partial charge on any atom is -0.484 e. The molecule has 0 saturated carbocycles. The molecule has 1 saturated heterocycles. The molecular formula is C44H49BF2N10O7S. The predicted octanol–water partition coefficient (Wildman–Crippen LogP) is 3.94. The summed E-state index contributed by atoms with van der Waals surface area (Å²) in [5, 5.41) is 34.4. The minimum absolute atomic E-state index is 0.0699. The Balaban J connectivity index is 0.691. The standard InChI is InChI=1S/C44H49BF2N10O7S/c1-2-48-43(62)40-38(60)39(61)44(64-40)55-27-54-37-41(52-26-53-42(37)55)51-22-7-21-49-35(58)9-4-3-5-20-50-36(59)25-63-32-17-11-28(12-18-32)10-13-29-14-15-30-24-31-16-19-33(34-8-6-23-65-34)57(31)45(46,47)56(29)30/h6,8,10-19,23-24,26-27,38-40,44,60-61H,2-5,7,9,20-22,25H2,1H3,(H,48,62)(H,49,58)(H,50,59)(H,51,52,53)/b13-10+/t38-,39+,40-,44+/m0/s1. The Labute approximate surface area is 376 Å². The molecule has 1 fully saturated rings. The van der Waals surface area contributed by atoms with Gasteiger partial charge in [0, 0.05) is 62.2 Å². The van der Waals surface area contributed by atoms with Gasteiger partial charge in [-0.15, -0.1) is 11.3 Å². The van der Waals surface area contributed by atoms with Gasteiger partial charge < -0.3 is 58.5 Å². The number of allylic oxidation sites excluding steroid dienone is 2. The number of aliphatic hydroxyl groups is 2. The fourth-order valence-electron chi connectivity index (χ4n) is 7.94. The highest BCUT2D eigenvalue weighted by Crippen LogP contribution is 2.35. The zero-order valence-corrected chi connectivity index (χ0v) is 36.3. The normalized spacial score (nSPS) is 19.6. The summed E-state index contributed by atoms with van der Waals surface area (Å²) >= 11 is 1.42. The van der Waals surface area contributed by atoms with Gasteiger partial charge in [0.1, 0.15) is 24.3 Å². The molecule has 8 rings (SSSR count). The van der Waals surface area contributed by atoms with Crippen LogP contribution in [0.5, 0.6) is 5.75 Å². The van der Waals surface area contributed by atoms with Crippen molar-refractivity contribution in [2.45, 2.75) is 63.6 Å². The van der Waals surface area contributed by atoms with Crippen molar-refractivity contribution in [3.05, 3.63) is 106 Å². The number of unbranched alkanes of at least 4 members (excludes halogenated alkanes) is 2. The quantitative estimate of drug-likeness (QED) is 0.0487. The number of hydrogen-bond donors (Lipinski definition) is 6. The number of rotatable bonds is 20. The Morgan fingerprint density at radius 3 is 2.54 bits per heavy atom. The highest BCUT2D eigenvalue weighted by molar-refractivity contribution is 7.12. The zero-order chi connectivity index (χ0) is 45.5. The molecule has 3 amide bonds. The van der Waals surface area contributed by atoms with Gasteiger partial charge in [0.05, 0.1) is 11.2 Å². The van der Waals surface area contributed by atoms with Gasteiger partial charge in [0.15, 0.2) is 47.3 Å². The summed E-state index contributed by atoms with van der Waals surface area (Å²) in [5.41, 5.74) is 3.31. The van der Waals surface area contributed by atoms with Crippen LogP contribution in [0, 0.1) is 0 Å². The number of aliphatic hydroxyl groups excluding tert-OH is 2. The highest BCUT2D eigenvalue weighted by Gasteiger charge is 2.52. The molecule has 4 atom stereocenters. The number of benzene rings is 1. The third-order valence-corrected chi connectivity index (χ3v) is 12.1. The second-order valence-electron chi connectivity index (χ2n) is 15.6. The van der Waals surface area contributed by atoms with Crippen LogP contribution in [0.1, 0.15) is 67.1 Å². The van der Waals surface area contributed by atoms with Crippen LogP contribution in [0.4, 0.5) is 14.4 Å². The number of amides is 3. The Hall–Kier alpha value is -6.55. The van der Waals surface area contributed by atoms with Gasteiger partial charge in [0.2, 0.25) is 5.91 Å². The maximum Gasteiger partial charge on any atom is 0.737 e. The Morgan fingerprint density at radius 2 is 1.74 bits per heavy atom. The van der Waals surface area contributed by atoms with Crippen LogP contribution in [-0.2, 0) is 19.1 Å². The number of carbonyl (C=O) groups is 3. The highest BCUT2D eigenvalue weighted by atomic mass is 32.1. The number of fused-ring (bicyclic) bond motifs is 3. The lowest BCUT2D eigenvalue weighted by Gasteiger charge is -2.30. The Morgan fingerprint density at radius 1 is 0.923 bits per heavy atom. The number of nitrogens with one attached hydrogen (secondary N) is 4. The number of thiophene rings is 1. The molecule has 3 aliphatic heterocycles. The van der Waals surface area contributed by atoms with E-state index in [1.165, 1.54) is 28.6 Å². The molecule has 17 nitrogen and oxygen atoms in total. The average Bonchev–Trinajstić information content (AvgIpc) is 4.16. The molecule has 340 valence electrons. The van der Waals surface area contributed by atoms with Crippen LogP contribution < -0.4 is 26.0 Å². The number of aromatic nitrogens is 5. The monoisotopic (exact) mass is 910 g/mol. The lowest BCUT2D eigenvalue weighted by molar-refractivity contribution is -0.360. The van der Waals surface area contributed by atoms with Gasteiger partial charge in [-0.25, -0.2) is 15.0 Å². The maximum atomic E-state index is 16.1. The lowest BCUT2D eigenvalue weighted by atomic mass is 9.90. The molecule has 5 aromatic rings. The van der Waals surface area contributed by atoms with Crippen LogP contribution in [-0.4, -0.2) is 120 Å². The molecular weight excluding hydrogens is 861 g/mol. The van der Waals surface area contributed by atoms with Gasteiger partial charge in [-0.05, 0) is 73.5 Å². The second-order valence-corrected chi connectivity index (χ2v) is 16.6. The first-order chi connectivity index (χ1) is 31.5. The van der Waals surface area contributed by atoms with E-state index in [4.69, 9.17) is 9.47 Å². The smallest absolute Gasteiger partial charge is 0.484 e. The third-order valence-electron chi connectivity index (χ3n) is 11.2. The van der Waals surface area contributed by atoms with E-state index in [1.54, 1.807) is 73.7 Å². The average molecular weight is 911 g/mol. The molecule has 0 radical (unpaired) electrons. The first kappa shape index (κ1) is 45.0. The summed E-state index contributed by atoms with van der Waals surface area (Å²) in [6.45, 7) is -0.852. The van der Waals surface area contributed by atoms with Crippen molar-refractivity contribution in [1.82, 2.24) is 39.9 Å². The van der Waals surface area contributed by atoms with E-state index in [-0.39, 0.29) is 18.4 Å². The first-order valence-corrected chi connectivity index (χ1v) is 22.4. The summed E-state index contributed by atoms with van der Waals surface area (Å²) in [6, 6.07) is 14.1. The predicted molar refractivity (Wildman–Crippen MR) is 242 cm³/mol. The molecule has 0 bridgehead atoms. The Kier molecular flexibility index (Phi) is 13.9. The number of imidazole rings is 1. The van der Waals surface area contributed by atoms with E-state index in [1.807, 2.05) is 17.5 Å². The van der Waals surface area contributed by atoms with Crippen molar-refractivity contribution in [3.63, 3.8) is 0 Å². The van der Waals surface area contributed by atoms with Gasteiger partial charge in [-0.2, -0.15) is 0 Å². The van der Waals surface area contributed by atoms with Crippen molar-refractivity contribution in [3.8, 4) is 5.75 Å². The van der Waals surface area contributed by atoms with Crippen molar-refractivity contribution < 1.29 is 47.2 Å². The van der Waals surface area contributed by atoms with Crippen LogP contribution in [0.25, 0.3) is 29.4 Å². The largest absolute Gasteiger partial charge is 0.737 e. The molecule has 0 aliphatic carbocycles. The van der Waals surface area contributed by atoms with Crippen molar-refractivity contribution >= 4 is 76.9 Å². The lowest BCUT2D eigenvalue weighted by Crippen LogP contribution is -2.50. The van der Waals surface area contributed by atoms with E-state index >= 15 is 8.63 Å². The molecule has 4 aromatic heterocycles. The number of carbonyl (C=O) groups excluding carboxylic acids is 3. The van der Waals surface area contributed by atoms with E-state index in [2.05, 4.69) is 36.2 Å². The van der Waals surface area contributed by atoms with Crippen LogP contribution in [0.3, 0.4) is 0 Å². The van der Waals surface area contributed by atoms with Gasteiger partial charge in [0.25, 0.3) is 11.8 Å². The second kappa shape index (κ2) is 20.1. The summed E-state index contributed by atoms with van der Waals surface area (Å²) in [4.78, 5) is 50.7. The molecule has 65 heavy (non-hydrogen) atoms. The summed E-state index contributed by atoms with van der Waals surface area (Å²) < 4.78 is 47.2.